The molecule has 0 unspecified atom stereocenters. The van der Waals surface area contributed by atoms with Crippen molar-refractivity contribution >= 4 is 11.5 Å². The Balaban J connectivity index is 2.55. The number of nitrogen functional groups attached to an aromatic ring is 2. The molecule has 78 valence electrons. The van der Waals surface area contributed by atoms with Crippen molar-refractivity contribution in [2.75, 3.05) is 18.6 Å². The summed E-state index contributed by atoms with van der Waals surface area (Å²) in [6.07, 6.45) is 3.18. The van der Waals surface area contributed by atoms with Gasteiger partial charge in [0.25, 0.3) is 11.8 Å². The van der Waals surface area contributed by atoms with E-state index >= 15 is 0 Å². The smallest absolute Gasteiger partial charge is 0.258 e. The summed E-state index contributed by atoms with van der Waals surface area (Å²) in [6, 6.07) is 1.70. The third-order valence-electron chi connectivity index (χ3n) is 1.86. The van der Waals surface area contributed by atoms with Crippen LogP contribution in [0.4, 0.5) is 11.5 Å². The predicted octanol–water partition coefficient (Wildman–Crippen LogP) is -0.165. The lowest BCUT2D eigenvalue weighted by molar-refractivity contribution is 0.395. The van der Waals surface area contributed by atoms with Crippen LogP contribution < -0.4 is 16.2 Å². The predicted molar refractivity (Wildman–Crippen MR) is 54.5 cm³/mol. The van der Waals surface area contributed by atoms with Crippen molar-refractivity contribution in [3.05, 3.63) is 18.5 Å². The van der Waals surface area contributed by atoms with E-state index in [1.807, 2.05) is 0 Å². The first-order valence-electron chi connectivity index (χ1n) is 4.19. The highest BCUT2D eigenvalue weighted by Gasteiger charge is 2.15. The fourth-order valence-corrected chi connectivity index (χ4v) is 1.13. The number of hydrogen-bond donors (Lipinski definition) is 2. The third kappa shape index (κ3) is 1.43. The second kappa shape index (κ2) is 3.45. The number of anilines is 2. The largest absolute Gasteiger partial charge is 0.478 e. The van der Waals surface area contributed by atoms with Crippen LogP contribution in [0, 0.1) is 0 Å². The van der Waals surface area contributed by atoms with Crippen LogP contribution in [0.1, 0.15) is 0 Å². The van der Waals surface area contributed by atoms with Crippen LogP contribution in [0.5, 0.6) is 5.88 Å². The zero-order valence-corrected chi connectivity index (χ0v) is 8.08. The Morgan fingerprint density at radius 2 is 1.93 bits per heavy atom. The summed E-state index contributed by atoms with van der Waals surface area (Å²) in [5.74, 6) is 0.878. The quantitative estimate of drug-likeness (QED) is 0.707. The van der Waals surface area contributed by atoms with E-state index in [4.69, 9.17) is 16.2 Å². The molecule has 2 heterocycles. The Kier molecular flexibility index (Phi) is 2.13. The maximum absolute atomic E-state index is 5.73. The van der Waals surface area contributed by atoms with E-state index in [-0.39, 0.29) is 17.4 Å². The lowest BCUT2D eigenvalue weighted by Gasteiger charge is -1.99. The second-order valence-corrected chi connectivity index (χ2v) is 2.77. The summed E-state index contributed by atoms with van der Waals surface area (Å²) in [5.41, 5.74) is 11.7. The number of nitrogens with zero attached hydrogens (tertiary/aromatic N) is 4. The molecule has 0 spiro atoms. The molecule has 2 rings (SSSR count). The molecule has 15 heavy (non-hydrogen) atoms. The van der Waals surface area contributed by atoms with Gasteiger partial charge in [0.2, 0.25) is 0 Å². The summed E-state index contributed by atoms with van der Waals surface area (Å²) in [5, 5.41) is 4.02. The molecule has 0 saturated carbocycles. The van der Waals surface area contributed by atoms with Crippen LogP contribution in [-0.2, 0) is 0 Å². The maximum Gasteiger partial charge on any atom is 0.258 e. The molecular weight excluding hydrogens is 196 g/mol. The Bertz CT molecular complexity index is 465. The first-order chi connectivity index (χ1) is 7.24. The zero-order chi connectivity index (χ0) is 10.8. The summed E-state index contributed by atoms with van der Waals surface area (Å²) < 4.78 is 6.26. The zero-order valence-electron chi connectivity index (χ0n) is 8.08. The van der Waals surface area contributed by atoms with E-state index in [2.05, 4.69) is 15.1 Å². The standard InChI is InChI=1S/C8H10N6O/c1-15-7-5(9)6(10)14(13-7)8-11-3-2-4-12-8/h2-4H,9-10H2,1H3. The molecule has 0 radical (unpaired) electrons. The third-order valence-corrected chi connectivity index (χ3v) is 1.86. The molecular formula is C8H10N6O. The molecule has 7 nitrogen and oxygen atoms in total. The molecule has 0 atom stereocenters. The number of hydrogen-bond acceptors (Lipinski definition) is 6. The summed E-state index contributed by atoms with van der Waals surface area (Å²) in [6.45, 7) is 0. The number of rotatable bonds is 2. The molecule has 0 saturated heterocycles. The van der Waals surface area contributed by atoms with Gasteiger partial charge in [0.1, 0.15) is 5.69 Å². The lowest BCUT2D eigenvalue weighted by atomic mass is 10.5. The van der Waals surface area contributed by atoms with Crippen molar-refractivity contribution in [1.29, 1.82) is 0 Å². The number of methoxy groups -OCH3 is 1. The molecule has 4 N–H and O–H groups in total. The Morgan fingerprint density at radius 1 is 1.27 bits per heavy atom. The van der Waals surface area contributed by atoms with Crippen LogP contribution in [0.2, 0.25) is 0 Å². The fourth-order valence-electron chi connectivity index (χ4n) is 1.13. The fraction of sp³-hybridized carbons (Fsp3) is 0.125. The van der Waals surface area contributed by atoms with Gasteiger partial charge in [0.05, 0.1) is 7.11 Å². The summed E-state index contributed by atoms with van der Waals surface area (Å²) >= 11 is 0. The second-order valence-electron chi connectivity index (χ2n) is 2.77. The number of aromatic nitrogens is 4. The Labute approximate surface area is 85.7 Å². The molecule has 0 fully saturated rings. The van der Waals surface area contributed by atoms with Crippen molar-refractivity contribution in [1.82, 2.24) is 19.7 Å². The van der Waals surface area contributed by atoms with Gasteiger partial charge >= 0.3 is 0 Å². The van der Waals surface area contributed by atoms with Crippen molar-refractivity contribution in [3.8, 4) is 11.8 Å². The average Bonchev–Trinajstić information content (AvgIpc) is 2.57. The SMILES string of the molecule is COc1nn(-c2ncccn2)c(N)c1N. The van der Waals surface area contributed by atoms with E-state index in [0.717, 1.165) is 0 Å². The monoisotopic (exact) mass is 206 g/mol. The van der Waals surface area contributed by atoms with Gasteiger partial charge in [-0.25, -0.2) is 9.97 Å². The molecule has 0 aliphatic rings. The molecule has 7 heteroatoms. The minimum Gasteiger partial charge on any atom is -0.478 e. The molecule has 0 amide bonds. The van der Waals surface area contributed by atoms with Crippen LogP contribution in [0.15, 0.2) is 18.5 Å². The van der Waals surface area contributed by atoms with E-state index < -0.39 is 0 Å². The van der Waals surface area contributed by atoms with Gasteiger partial charge in [-0.05, 0) is 6.07 Å². The van der Waals surface area contributed by atoms with Crippen molar-refractivity contribution in [2.45, 2.75) is 0 Å². The molecule has 2 aromatic heterocycles. The van der Waals surface area contributed by atoms with Crippen LogP contribution >= 0.6 is 0 Å². The Morgan fingerprint density at radius 3 is 2.47 bits per heavy atom. The molecule has 0 aromatic carbocycles. The molecule has 0 aliphatic carbocycles. The van der Waals surface area contributed by atoms with E-state index in [9.17, 15) is 0 Å². The normalized spacial score (nSPS) is 10.2. The summed E-state index contributed by atoms with van der Waals surface area (Å²) in [4.78, 5) is 7.99. The van der Waals surface area contributed by atoms with Gasteiger partial charge in [-0.15, -0.1) is 5.10 Å². The van der Waals surface area contributed by atoms with Gasteiger partial charge < -0.3 is 16.2 Å². The highest BCUT2D eigenvalue weighted by Crippen LogP contribution is 2.27. The van der Waals surface area contributed by atoms with Gasteiger partial charge in [-0.3, -0.25) is 0 Å². The molecule has 0 bridgehead atoms. The van der Waals surface area contributed by atoms with Crippen LogP contribution in [-0.4, -0.2) is 26.9 Å². The van der Waals surface area contributed by atoms with Gasteiger partial charge in [-0.1, -0.05) is 0 Å². The summed E-state index contributed by atoms with van der Waals surface area (Å²) in [7, 11) is 1.47. The van der Waals surface area contributed by atoms with Crippen molar-refractivity contribution in [3.63, 3.8) is 0 Å². The van der Waals surface area contributed by atoms with E-state index in [1.165, 1.54) is 11.8 Å². The molecule has 2 aromatic rings. The van der Waals surface area contributed by atoms with Gasteiger partial charge in [0, 0.05) is 12.4 Å². The molecule has 0 aliphatic heterocycles. The highest BCUT2D eigenvalue weighted by molar-refractivity contribution is 5.67. The topological polar surface area (TPSA) is 105 Å². The first-order valence-corrected chi connectivity index (χ1v) is 4.19. The van der Waals surface area contributed by atoms with Crippen LogP contribution in [0.3, 0.4) is 0 Å². The van der Waals surface area contributed by atoms with Gasteiger partial charge in [0.15, 0.2) is 5.82 Å². The number of nitrogens with two attached hydrogens (primary N) is 2. The van der Waals surface area contributed by atoms with Crippen molar-refractivity contribution < 1.29 is 4.74 Å². The van der Waals surface area contributed by atoms with Crippen LogP contribution in [0.25, 0.3) is 5.95 Å². The van der Waals surface area contributed by atoms with Crippen molar-refractivity contribution in [2.24, 2.45) is 0 Å². The maximum atomic E-state index is 5.73. The first kappa shape index (κ1) is 9.25. The van der Waals surface area contributed by atoms with E-state index in [0.29, 0.717) is 5.95 Å². The lowest BCUT2D eigenvalue weighted by Crippen LogP contribution is -2.06. The highest BCUT2D eigenvalue weighted by atomic mass is 16.5. The minimum atomic E-state index is 0.262. The van der Waals surface area contributed by atoms with E-state index in [1.54, 1.807) is 18.5 Å². The Hall–Kier alpha value is -2.31. The van der Waals surface area contributed by atoms with Gasteiger partial charge in [-0.2, -0.15) is 4.68 Å². The number of ether oxygens (including phenoxy) is 1. The average molecular weight is 206 g/mol. The minimum absolute atomic E-state index is 0.262.